The largest absolute Gasteiger partial charge is 0.507 e. The van der Waals surface area contributed by atoms with E-state index in [-0.39, 0.29) is 29.8 Å². The van der Waals surface area contributed by atoms with E-state index >= 15 is 0 Å². The van der Waals surface area contributed by atoms with Gasteiger partial charge < -0.3 is 14.6 Å². The average molecular weight is 503 g/mol. The number of fused-ring (bicyclic) bond motifs is 1. The molecule has 1 unspecified atom stereocenters. The van der Waals surface area contributed by atoms with Crippen LogP contribution in [0.1, 0.15) is 99.2 Å². The third-order valence-corrected chi connectivity index (χ3v) is 7.57. The molecule has 0 spiro atoms. The summed E-state index contributed by atoms with van der Waals surface area (Å²) in [6.45, 7) is 11.9. The number of aryl methyl sites for hydroxylation is 1. The Morgan fingerprint density at radius 3 is 2.54 bits per heavy atom. The summed E-state index contributed by atoms with van der Waals surface area (Å²) in [5.41, 5.74) is 4.46. The predicted octanol–water partition coefficient (Wildman–Crippen LogP) is 7.52. The second-order valence-electron chi connectivity index (χ2n) is 10.6. The maximum absolute atomic E-state index is 13.8. The molecule has 3 atom stereocenters. The summed E-state index contributed by atoms with van der Waals surface area (Å²) in [4.78, 5) is 26.3. The summed E-state index contributed by atoms with van der Waals surface area (Å²) in [5.74, 6) is -1.98. The first kappa shape index (κ1) is 26.7. The number of cyclic esters (lactones) is 1. The van der Waals surface area contributed by atoms with Gasteiger partial charge in [-0.25, -0.2) is 4.79 Å². The van der Waals surface area contributed by atoms with Crippen molar-refractivity contribution in [1.82, 2.24) is 0 Å². The summed E-state index contributed by atoms with van der Waals surface area (Å²) in [6.07, 6.45) is 7.42. The van der Waals surface area contributed by atoms with Crippen LogP contribution < -0.4 is 4.74 Å². The molecular weight excluding hydrogens is 464 g/mol. The topological polar surface area (TPSA) is 72.8 Å². The number of allylic oxidation sites excluding steroid dienone is 3. The Morgan fingerprint density at radius 2 is 1.89 bits per heavy atom. The maximum atomic E-state index is 13.8. The molecule has 5 heteroatoms. The summed E-state index contributed by atoms with van der Waals surface area (Å²) < 4.78 is 12.7. The molecule has 1 aliphatic carbocycles. The number of ketones is 1. The number of hydrogen-bond acceptors (Lipinski definition) is 5. The molecule has 0 bridgehead atoms. The Bertz CT molecular complexity index is 1230. The number of phenolic OH excluding ortho intramolecular Hbond substituents is 1. The molecule has 4 rings (SSSR count). The first-order valence-electron chi connectivity index (χ1n) is 13.4. The Kier molecular flexibility index (Phi) is 7.91. The molecule has 196 valence electrons. The molecule has 0 saturated carbocycles. The minimum atomic E-state index is -1.60. The highest BCUT2D eigenvalue weighted by Crippen LogP contribution is 2.52. The quantitative estimate of drug-likeness (QED) is 0.218. The van der Waals surface area contributed by atoms with Gasteiger partial charge >= 0.3 is 5.97 Å². The van der Waals surface area contributed by atoms with Gasteiger partial charge in [0, 0.05) is 17.0 Å². The molecule has 2 aromatic carbocycles. The highest BCUT2D eigenvalue weighted by molar-refractivity contribution is 5.97. The van der Waals surface area contributed by atoms with Crippen LogP contribution >= 0.6 is 0 Å². The Hall–Kier alpha value is -3.34. The van der Waals surface area contributed by atoms with Gasteiger partial charge in [0.1, 0.15) is 22.8 Å². The van der Waals surface area contributed by atoms with Crippen LogP contribution in [0, 0.1) is 5.92 Å². The van der Waals surface area contributed by atoms with E-state index in [2.05, 4.69) is 26.5 Å². The second kappa shape index (κ2) is 11.0. The molecule has 37 heavy (non-hydrogen) atoms. The van der Waals surface area contributed by atoms with Gasteiger partial charge in [-0.15, -0.1) is 0 Å². The lowest BCUT2D eigenvalue weighted by molar-refractivity contribution is -0.172. The second-order valence-corrected chi connectivity index (χ2v) is 10.6. The molecule has 2 aromatic rings. The highest BCUT2D eigenvalue weighted by atomic mass is 16.7. The lowest BCUT2D eigenvalue weighted by Gasteiger charge is -2.41. The summed E-state index contributed by atoms with van der Waals surface area (Å²) in [5, 5.41) is 11.5. The zero-order valence-corrected chi connectivity index (χ0v) is 22.4. The smallest absolute Gasteiger partial charge is 0.345 e. The number of carbonyl (C=O) groups excluding carboxylic acids is 2. The van der Waals surface area contributed by atoms with Gasteiger partial charge in [0.25, 0.3) is 5.79 Å². The summed E-state index contributed by atoms with van der Waals surface area (Å²) >= 11 is 0. The number of ether oxygens (including phenoxy) is 2. The van der Waals surface area contributed by atoms with Gasteiger partial charge in [-0.05, 0) is 64.0 Å². The SMILES string of the molecule is C=C(C)[C@@H]1CCC(C)=C[C@H]1c1c(O)cc(CCCCC)c2c1OC(CC(C)=O)(c1ccccc1)OC2=O. The zero-order valence-electron chi connectivity index (χ0n) is 22.4. The molecular formula is C32H38O5. The molecule has 1 N–H and O–H groups in total. The highest BCUT2D eigenvalue weighted by Gasteiger charge is 2.48. The van der Waals surface area contributed by atoms with Crippen molar-refractivity contribution in [3.63, 3.8) is 0 Å². The predicted molar refractivity (Wildman–Crippen MR) is 145 cm³/mol. The van der Waals surface area contributed by atoms with Crippen LogP contribution in [-0.2, 0) is 21.7 Å². The van der Waals surface area contributed by atoms with Gasteiger partial charge in [-0.3, -0.25) is 4.79 Å². The minimum absolute atomic E-state index is 0.0881. The lowest BCUT2D eigenvalue weighted by Crippen LogP contribution is -2.44. The number of phenols is 1. The minimum Gasteiger partial charge on any atom is -0.507 e. The maximum Gasteiger partial charge on any atom is 0.345 e. The monoisotopic (exact) mass is 502 g/mol. The first-order valence-corrected chi connectivity index (χ1v) is 13.4. The van der Waals surface area contributed by atoms with Crippen molar-refractivity contribution in [1.29, 1.82) is 0 Å². The number of benzene rings is 2. The van der Waals surface area contributed by atoms with E-state index in [0.717, 1.165) is 37.7 Å². The van der Waals surface area contributed by atoms with Crippen molar-refractivity contribution in [2.24, 2.45) is 5.92 Å². The summed E-state index contributed by atoms with van der Waals surface area (Å²) in [7, 11) is 0. The van der Waals surface area contributed by atoms with Gasteiger partial charge in [0.15, 0.2) is 0 Å². The van der Waals surface area contributed by atoms with E-state index in [0.29, 0.717) is 34.4 Å². The van der Waals surface area contributed by atoms with Crippen molar-refractivity contribution < 1.29 is 24.2 Å². The molecule has 0 amide bonds. The fourth-order valence-corrected chi connectivity index (χ4v) is 5.73. The van der Waals surface area contributed by atoms with Crippen LogP contribution in [0.3, 0.4) is 0 Å². The molecule has 0 aromatic heterocycles. The van der Waals surface area contributed by atoms with Crippen molar-refractivity contribution in [3.05, 3.63) is 82.5 Å². The van der Waals surface area contributed by atoms with Gasteiger partial charge in [0.2, 0.25) is 0 Å². The third kappa shape index (κ3) is 5.36. The van der Waals surface area contributed by atoms with Gasteiger partial charge in [-0.2, -0.15) is 0 Å². The number of Topliss-reactive ketones (excluding diaryl/α,β-unsaturated/α-hetero) is 1. The fourth-order valence-electron chi connectivity index (χ4n) is 5.73. The van der Waals surface area contributed by atoms with Crippen LogP contribution in [0.25, 0.3) is 0 Å². The van der Waals surface area contributed by atoms with Crippen molar-refractivity contribution in [2.45, 2.75) is 84.3 Å². The molecule has 0 fully saturated rings. The van der Waals surface area contributed by atoms with Crippen molar-refractivity contribution >= 4 is 11.8 Å². The number of carbonyl (C=O) groups is 2. The first-order chi connectivity index (χ1) is 17.7. The molecule has 5 nitrogen and oxygen atoms in total. The van der Waals surface area contributed by atoms with Gasteiger partial charge in [0.05, 0.1) is 6.42 Å². The van der Waals surface area contributed by atoms with E-state index in [9.17, 15) is 14.7 Å². The molecule has 1 heterocycles. The van der Waals surface area contributed by atoms with Crippen LogP contribution in [0.15, 0.2) is 60.2 Å². The molecule has 1 aliphatic heterocycles. The van der Waals surface area contributed by atoms with Crippen LogP contribution in [0.5, 0.6) is 11.5 Å². The lowest BCUT2D eigenvalue weighted by atomic mass is 9.73. The third-order valence-electron chi connectivity index (χ3n) is 7.57. The normalized spacial score (nSPS) is 22.9. The van der Waals surface area contributed by atoms with E-state index in [1.807, 2.05) is 25.1 Å². The Morgan fingerprint density at radius 1 is 1.16 bits per heavy atom. The average Bonchev–Trinajstić information content (AvgIpc) is 2.83. The molecule has 0 radical (unpaired) electrons. The number of esters is 1. The van der Waals surface area contributed by atoms with E-state index in [1.165, 1.54) is 12.5 Å². The molecule has 0 saturated heterocycles. The van der Waals surface area contributed by atoms with Crippen LogP contribution in [-0.4, -0.2) is 16.9 Å². The van der Waals surface area contributed by atoms with Gasteiger partial charge in [-0.1, -0.05) is 73.9 Å². The van der Waals surface area contributed by atoms with E-state index < -0.39 is 11.8 Å². The Balaban J connectivity index is 1.97. The van der Waals surface area contributed by atoms with Crippen molar-refractivity contribution in [2.75, 3.05) is 0 Å². The fraction of sp³-hybridized carbons (Fsp3) is 0.438. The standard InChI is InChI=1S/C32H38O5/c1-6-7-9-12-23-18-27(34)29(26-17-21(4)15-16-25(26)20(2)3)30-28(23)31(35)37-32(36-30,19-22(5)33)24-13-10-8-11-14-24/h8,10-11,13-14,17-18,25-26,34H,2,6-7,9,12,15-16,19H2,1,3-5H3/t25-,26+,32?/m0/s1. The van der Waals surface area contributed by atoms with Crippen LogP contribution in [0.2, 0.25) is 0 Å². The number of rotatable bonds is 9. The van der Waals surface area contributed by atoms with E-state index in [1.54, 1.807) is 18.2 Å². The number of aromatic hydroxyl groups is 1. The molecule has 2 aliphatic rings. The summed E-state index contributed by atoms with van der Waals surface area (Å²) in [6, 6.07) is 10.8. The van der Waals surface area contributed by atoms with Crippen LogP contribution in [0.4, 0.5) is 0 Å². The number of unbranched alkanes of at least 4 members (excludes halogenated alkanes) is 2. The Labute approximate surface area is 220 Å². The van der Waals surface area contributed by atoms with E-state index in [4.69, 9.17) is 9.47 Å². The number of hydrogen-bond donors (Lipinski definition) is 1. The zero-order chi connectivity index (χ0) is 26.7. The van der Waals surface area contributed by atoms with Crippen molar-refractivity contribution in [3.8, 4) is 11.5 Å².